The van der Waals surface area contributed by atoms with Crippen molar-refractivity contribution in [1.29, 1.82) is 0 Å². The standard InChI is InChI=1S/C20H23NO4S/c1-4-9-19(20(22)25-6-3)21(14-5-2)26(23,24)18-13-12-16-10-7-8-11-17(16)15-18/h4-5,7-8,10-13,15,19H,1-2,6,9,14H2,3H3/t19-/m1/s1. The fourth-order valence-electron chi connectivity index (χ4n) is 2.71. The molecule has 0 bridgehead atoms. The van der Waals surface area contributed by atoms with E-state index in [2.05, 4.69) is 13.2 Å². The van der Waals surface area contributed by atoms with E-state index < -0.39 is 22.0 Å². The molecule has 0 radical (unpaired) electrons. The highest BCUT2D eigenvalue weighted by Gasteiger charge is 2.35. The van der Waals surface area contributed by atoms with Crippen LogP contribution in [-0.2, 0) is 19.6 Å². The van der Waals surface area contributed by atoms with E-state index in [9.17, 15) is 13.2 Å². The smallest absolute Gasteiger partial charge is 0.324 e. The van der Waals surface area contributed by atoms with Gasteiger partial charge in [0.05, 0.1) is 11.5 Å². The minimum atomic E-state index is -3.93. The first-order valence-electron chi connectivity index (χ1n) is 8.34. The molecule has 26 heavy (non-hydrogen) atoms. The van der Waals surface area contributed by atoms with Crippen LogP contribution in [0.4, 0.5) is 0 Å². The maximum Gasteiger partial charge on any atom is 0.324 e. The van der Waals surface area contributed by atoms with Crippen LogP contribution in [0, 0.1) is 0 Å². The first kappa shape index (κ1) is 19.9. The summed E-state index contributed by atoms with van der Waals surface area (Å²) in [6, 6.07) is 11.4. The average Bonchev–Trinajstić information content (AvgIpc) is 2.64. The molecule has 0 saturated heterocycles. The summed E-state index contributed by atoms with van der Waals surface area (Å²) in [5.74, 6) is -0.599. The van der Waals surface area contributed by atoms with Gasteiger partial charge in [-0.2, -0.15) is 4.31 Å². The number of fused-ring (bicyclic) bond motifs is 1. The molecule has 0 spiro atoms. The van der Waals surface area contributed by atoms with Crippen LogP contribution in [0.5, 0.6) is 0 Å². The van der Waals surface area contributed by atoms with Gasteiger partial charge >= 0.3 is 5.97 Å². The number of hydrogen-bond donors (Lipinski definition) is 0. The van der Waals surface area contributed by atoms with Crippen LogP contribution < -0.4 is 0 Å². The van der Waals surface area contributed by atoms with E-state index in [0.717, 1.165) is 15.1 Å². The molecule has 138 valence electrons. The van der Waals surface area contributed by atoms with E-state index in [0.29, 0.717) is 0 Å². The van der Waals surface area contributed by atoms with Crippen molar-refractivity contribution in [2.24, 2.45) is 0 Å². The molecule has 5 nitrogen and oxygen atoms in total. The van der Waals surface area contributed by atoms with Gasteiger partial charge < -0.3 is 4.74 Å². The predicted molar refractivity (Wildman–Crippen MR) is 103 cm³/mol. The zero-order valence-corrected chi connectivity index (χ0v) is 15.6. The third kappa shape index (κ3) is 4.20. The van der Waals surface area contributed by atoms with Crippen LogP contribution in [0.2, 0.25) is 0 Å². The Kier molecular flexibility index (Phi) is 6.71. The lowest BCUT2D eigenvalue weighted by Crippen LogP contribution is -2.45. The van der Waals surface area contributed by atoms with Crippen molar-refractivity contribution in [1.82, 2.24) is 4.31 Å². The zero-order valence-electron chi connectivity index (χ0n) is 14.8. The Hall–Kier alpha value is -2.44. The second kappa shape index (κ2) is 8.78. The summed E-state index contributed by atoms with van der Waals surface area (Å²) in [6.07, 6.45) is 3.11. The summed E-state index contributed by atoms with van der Waals surface area (Å²) in [5.41, 5.74) is 0. The van der Waals surface area contributed by atoms with Crippen molar-refractivity contribution in [3.8, 4) is 0 Å². The molecule has 2 aromatic carbocycles. The van der Waals surface area contributed by atoms with Gasteiger partial charge in [-0.1, -0.05) is 42.5 Å². The van der Waals surface area contributed by atoms with Crippen molar-refractivity contribution in [3.63, 3.8) is 0 Å². The number of hydrogen-bond acceptors (Lipinski definition) is 4. The highest BCUT2D eigenvalue weighted by atomic mass is 32.2. The van der Waals surface area contributed by atoms with Crippen molar-refractivity contribution in [2.75, 3.05) is 13.2 Å². The van der Waals surface area contributed by atoms with Crippen LogP contribution in [-0.4, -0.2) is 37.9 Å². The van der Waals surface area contributed by atoms with Crippen LogP contribution in [0.3, 0.4) is 0 Å². The molecule has 0 N–H and O–H groups in total. The molecule has 0 aromatic heterocycles. The maximum atomic E-state index is 13.2. The summed E-state index contributed by atoms with van der Waals surface area (Å²) < 4.78 is 32.6. The summed E-state index contributed by atoms with van der Waals surface area (Å²) in [5, 5.41) is 1.75. The number of nitrogens with zero attached hydrogens (tertiary/aromatic N) is 1. The quantitative estimate of drug-likeness (QED) is 0.498. The number of ether oxygens (including phenoxy) is 1. The third-order valence-electron chi connectivity index (χ3n) is 3.93. The van der Waals surface area contributed by atoms with Crippen LogP contribution >= 0.6 is 0 Å². The molecule has 0 aliphatic rings. The predicted octanol–water partition coefficient (Wildman–Crippen LogP) is 3.52. The molecule has 0 aliphatic carbocycles. The lowest BCUT2D eigenvalue weighted by molar-refractivity contribution is -0.147. The number of rotatable bonds is 9. The van der Waals surface area contributed by atoms with Gasteiger partial charge in [0.25, 0.3) is 0 Å². The van der Waals surface area contributed by atoms with Gasteiger partial charge in [0.15, 0.2) is 0 Å². The van der Waals surface area contributed by atoms with Gasteiger partial charge in [0.1, 0.15) is 6.04 Å². The van der Waals surface area contributed by atoms with E-state index in [1.165, 1.54) is 12.2 Å². The molecule has 1 atom stereocenters. The Bertz CT molecular complexity index is 905. The van der Waals surface area contributed by atoms with E-state index in [-0.39, 0.29) is 24.5 Å². The summed E-state index contributed by atoms with van der Waals surface area (Å²) in [4.78, 5) is 12.5. The van der Waals surface area contributed by atoms with Gasteiger partial charge in [-0.05, 0) is 36.2 Å². The third-order valence-corrected chi connectivity index (χ3v) is 5.80. The molecular formula is C20H23NO4S. The SMILES string of the molecule is C=CC[C@H](C(=O)OCC)N(CC=C)S(=O)(=O)c1ccc2ccccc2c1. The molecule has 0 saturated carbocycles. The summed E-state index contributed by atoms with van der Waals surface area (Å²) >= 11 is 0. The molecule has 2 aromatic rings. The topological polar surface area (TPSA) is 63.7 Å². The van der Waals surface area contributed by atoms with Crippen molar-refractivity contribution >= 4 is 26.8 Å². The van der Waals surface area contributed by atoms with Gasteiger partial charge in [-0.25, -0.2) is 8.42 Å². The first-order chi connectivity index (χ1) is 12.5. The molecule has 0 heterocycles. The molecule has 0 aliphatic heterocycles. The molecule has 0 unspecified atom stereocenters. The zero-order chi connectivity index (χ0) is 19.2. The first-order valence-corrected chi connectivity index (χ1v) is 9.78. The van der Waals surface area contributed by atoms with E-state index >= 15 is 0 Å². The highest BCUT2D eigenvalue weighted by Crippen LogP contribution is 2.24. The van der Waals surface area contributed by atoms with Crippen molar-refractivity contribution < 1.29 is 17.9 Å². The van der Waals surface area contributed by atoms with Crippen LogP contribution in [0.1, 0.15) is 13.3 Å². The maximum absolute atomic E-state index is 13.2. The monoisotopic (exact) mass is 373 g/mol. The second-order valence-corrected chi connectivity index (χ2v) is 7.56. The minimum absolute atomic E-state index is 0.00746. The lowest BCUT2D eigenvalue weighted by atomic mass is 10.1. The average molecular weight is 373 g/mol. The fraction of sp³-hybridized carbons (Fsp3) is 0.250. The van der Waals surface area contributed by atoms with Crippen molar-refractivity contribution in [2.45, 2.75) is 24.3 Å². The Morgan fingerprint density at radius 3 is 2.46 bits per heavy atom. The Morgan fingerprint density at radius 2 is 1.85 bits per heavy atom. The largest absolute Gasteiger partial charge is 0.465 e. The summed E-state index contributed by atoms with van der Waals surface area (Å²) in [6.45, 7) is 9.09. The van der Waals surface area contributed by atoms with Crippen LogP contribution in [0.25, 0.3) is 10.8 Å². The molecule has 0 amide bonds. The van der Waals surface area contributed by atoms with Gasteiger partial charge in [0, 0.05) is 6.54 Å². The van der Waals surface area contributed by atoms with Crippen molar-refractivity contribution in [3.05, 3.63) is 67.8 Å². The highest BCUT2D eigenvalue weighted by molar-refractivity contribution is 7.89. The number of carbonyl (C=O) groups is 1. The number of sulfonamides is 1. The van der Waals surface area contributed by atoms with E-state index in [1.807, 2.05) is 24.3 Å². The minimum Gasteiger partial charge on any atom is -0.465 e. The van der Waals surface area contributed by atoms with Crippen LogP contribution in [0.15, 0.2) is 72.7 Å². The normalized spacial score (nSPS) is 12.7. The Morgan fingerprint density at radius 1 is 1.15 bits per heavy atom. The molecule has 2 rings (SSSR count). The molecule has 6 heteroatoms. The Balaban J connectivity index is 2.51. The number of esters is 1. The van der Waals surface area contributed by atoms with E-state index in [1.54, 1.807) is 25.1 Å². The van der Waals surface area contributed by atoms with E-state index in [4.69, 9.17) is 4.74 Å². The van der Waals surface area contributed by atoms with Gasteiger partial charge in [-0.3, -0.25) is 4.79 Å². The number of benzene rings is 2. The van der Waals surface area contributed by atoms with Gasteiger partial charge in [0.2, 0.25) is 10.0 Å². The summed E-state index contributed by atoms with van der Waals surface area (Å²) in [7, 11) is -3.93. The molecular weight excluding hydrogens is 350 g/mol. The van der Waals surface area contributed by atoms with Gasteiger partial charge in [-0.15, -0.1) is 13.2 Å². The fourth-order valence-corrected chi connectivity index (χ4v) is 4.31. The molecule has 0 fully saturated rings. The lowest BCUT2D eigenvalue weighted by Gasteiger charge is -2.28. The number of carbonyl (C=O) groups excluding carboxylic acids is 1. The Labute approximate surface area is 154 Å². The second-order valence-electron chi connectivity index (χ2n) is 5.66.